The lowest BCUT2D eigenvalue weighted by atomic mass is 10.2. The van der Waals surface area contributed by atoms with E-state index in [9.17, 15) is 18.0 Å². The van der Waals surface area contributed by atoms with Crippen molar-refractivity contribution in [2.75, 3.05) is 44.6 Å². The highest BCUT2D eigenvalue weighted by Gasteiger charge is 2.26. The number of nitrogens with one attached hydrogen (secondary N) is 2. The van der Waals surface area contributed by atoms with Crippen LogP contribution in [0.3, 0.4) is 0 Å². The van der Waals surface area contributed by atoms with Gasteiger partial charge in [-0.05, 0) is 83.3 Å². The third-order valence-electron chi connectivity index (χ3n) is 8.14. The lowest BCUT2D eigenvalue weighted by Crippen LogP contribution is -2.50. The number of carbonyl (C=O) groups is 1. The molecule has 5 rings (SSSR count). The van der Waals surface area contributed by atoms with Gasteiger partial charge in [-0.15, -0.1) is 0 Å². The molecule has 2 aromatic heterocycles. The maximum absolute atomic E-state index is 13.0. The Kier molecular flexibility index (Phi) is 10.0. The minimum absolute atomic E-state index is 0.0505. The van der Waals surface area contributed by atoms with Gasteiger partial charge in [-0.3, -0.25) is 14.3 Å². The van der Waals surface area contributed by atoms with Crippen molar-refractivity contribution < 1.29 is 17.9 Å². The van der Waals surface area contributed by atoms with Crippen LogP contribution in [-0.4, -0.2) is 83.7 Å². The second-order valence-electron chi connectivity index (χ2n) is 12.7. The third-order valence-corrected chi connectivity index (χ3v) is 9.87. The molecule has 1 saturated heterocycles. The van der Waals surface area contributed by atoms with Gasteiger partial charge in [0.25, 0.3) is 5.56 Å². The predicted octanol–water partition coefficient (Wildman–Crippen LogP) is 4.83. The van der Waals surface area contributed by atoms with E-state index < -0.39 is 15.6 Å². The summed E-state index contributed by atoms with van der Waals surface area (Å²) in [6, 6.07) is 6.49. The number of fused-ring (bicyclic) bond motifs is 1. The van der Waals surface area contributed by atoms with Crippen molar-refractivity contribution in [3.8, 4) is 0 Å². The standard InChI is InChI=1S/C31H42ClN7O5S/c1-21-18-24(45(42,43)34-12-7-13-37-14-16-38(17-15-37)30(41)44-31(2,3)4)10-11-26(21)35-29-33-20-22-19-25(32)28(40)39(27(22)36-29)23-8-5-6-9-23/h10-11,18-20,23,34H,5-9,12-17H2,1-4H3,(H,33,35,36). The zero-order valence-electron chi connectivity index (χ0n) is 26.3. The molecule has 45 heavy (non-hydrogen) atoms. The maximum Gasteiger partial charge on any atom is 0.410 e. The number of hydrogen-bond donors (Lipinski definition) is 2. The molecule has 14 heteroatoms. The van der Waals surface area contributed by atoms with Crippen molar-refractivity contribution in [2.24, 2.45) is 0 Å². The molecule has 0 spiro atoms. The number of amides is 1. The highest BCUT2D eigenvalue weighted by Crippen LogP contribution is 2.31. The fourth-order valence-electron chi connectivity index (χ4n) is 5.78. The number of sulfonamides is 1. The summed E-state index contributed by atoms with van der Waals surface area (Å²) in [6.45, 7) is 11.0. The first-order valence-electron chi connectivity index (χ1n) is 15.5. The summed E-state index contributed by atoms with van der Waals surface area (Å²) in [5.41, 5.74) is 1.11. The van der Waals surface area contributed by atoms with Crippen LogP contribution in [0.4, 0.5) is 16.4 Å². The van der Waals surface area contributed by atoms with Gasteiger partial charge in [0.2, 0.25) is 16.0 Å². The minimum Gasteiger partial charge on any atom is -0.444 e. The first-order chi connectivity index (χ1) is 21.3. The fourth-order valence-corrected chi connectivity index (χ4v) is 7.15. The van der Waals surface area contributed by atoms with Crippen molar-refractivity contribution in [3.63, 3.8) is 0 Å². The number of ether oxygens (including phenoxy) is 1. The van der Waals surface area contributed by atoms with E-state index in [1.54, 1.807) is 39.9 Å². The molecule has 12 nitrogen and oxygen atoms in total. The summed E-state index contributed by atoms with van der Waals surface area (Å²) >= 11 is 6.24. The fraction of sp³-hybridized carbons (Fsp3) is 0.548. The number of aromatic nitrogens is 3. The van der Waals surface area contributed by atoms with Gasteiger partial charge in [-0.1, -0.05) is 24.4 Å². The van der Waals surface area contributed by atoms with Crippen LogP contribution in [0, 0.1) is 6.92 Å². The molecule has 1 aliphatic heterocycles. The van der Waals surface area contributed by atoms with Crippen LogP contribution in [0.5, 0.6) is 0 Å². The van der Waals surface area contributed by atoms with Gasteiger partial charge in [-0.2, -0.15) is 4.98 Å². The third kappa shape index (κ3) is 8.13. The zero-order valence-corrected chi connectivity index (χ0v) is 27.9. The summed E-state index contributed by atoms with van der Waals surface area (Å²) < 4.78 is 35.9. The first-order valence-corrected chi connectivity index (χ1v) is 17.3. The molecule has 2 fully saturated rings. The predicted molar refractivity (Wildman–Crippen MR) is 175 cm³/mol. The molecule has 1 aliphatic carbocycles. The van der Waals surface area contributed by atoms with Crippen molar-refractivity contribution >= 4 is 50.4 Å². The van der Waals surface area contributed by atoms with E-state index in [-0.39, 0.29) is 27.6 Å². The minimum atomic E-state index is -3.71. The molecule has 3 heterocycles. The molecule has 244 valence electrons. The van der Waals surface area contributed by atoms with E-state index in [2.05, 4.69) is 24.9 Å². The number of rotatable bonds is 9. The van der Waals surface area contributed by atoms with E-state index in [0.717, 1.165) is 32.2 Å². The SMILES string of the molecule is Cc1cc(S(=O)(=O)NCCCN2CCN(C(=O)OC(C)(C)C)CC2)ccc1Nc1ncc2cc(Cl)c(=O)n(C3CCCC3)c2n1. The van der Waals surface area contributed by atoms with Crippen LogP contribution >= 0.6 is 11.6 Å². The number of pyridine rings is 1. The van der Waals surface area contributed by atoms with Gasteiger partial charge in [0.1, 0.15) is 16.3 Å². The Bertz CT molecular complexity index is 1710. The quantitative estimate of drug-likeness (QED) is 0.309. The molecule has 1 saturated carbocycles. The molecular formula is C31H42ClN7O5S. The zero-order chi connectivity index (χ0) is 32.4. The largest absolute Gasteiger partial charge is 0.444 e. The van der Waals surface area contributed by atoms with Gasteiger partial charge in [0, 0.05) is 56.0 Å². The van der Waals surface area contributed by atoms with Crippen molar-refractivity contribution in [3.05, 3.63) is 51.4 Å². The lowest BCUT2D eigenvalue weighted by Gasteiger charge is -2.35. The van der Waals surface area contributed by atoms with E-state index >= 15 is 0 Å². The molecule has 2 aliphatic rings. The van der Waals surface area contributed by atoms with Gasteiger partial charge in [0.15, 0.2) is 0 Å². The summed E-state index contributed by atoms with van der Waals surface area (Å²) in [5, 5.41) is 4.02. The van der Waals surface area contributed by atoms with Gasteiger partial charge < -0.3 is 15.0 Å². The van der Waals surface area contributed by atoms with Crippen LogP contribution < -0.4 is 15.6 Å². The molecule has 0 bridgehead atoms. The topological polar surface area (TPSA) is 139 Å². The smallest absolute Gasteiger partial charge is 0.410 e. The number of carbonyl (C=O) groups excluding carboxylic acids is 1. The van der Waals surface area contributed by atoms with Crippen LogP contribution in [0.2, 0.25) is 5.02 Å². The summed E-state index contributed by atoms with van der Waals surface area (Å²) in [7, 11) is -3.71. The summed E-state index contributed by atoms with van der Waals surface area (Å²) in [6.07, 6.45) is 5.89. The second kappa shape index (κ2) is 13.6. The van der Waals surface area contributed by atoms with E-state index in [4.69, 9.17) is 16.3 Å². The van der Waals surface area contributed by atoms with Crippen molar-refractivity contribution in [2.45, 2.75) is 76.3 Å². The van der Waals surface area contributed by atoms with Gasteiger partial charge >= 0.3 is 6.09 Å². The van der Waals surface area contributed by atoms with E-state index in [1.165, 1.54) is 0 Å². The first kappa shape index (κ1) is 33.1. The monoisotopic (exact) mass is 659 g/mol. The number of halogens is 1. The highest BCUT2D eigenvalue weighted by atomic mass is 35.5. The van der Waals surface area contributed by atoms with E-state index in [0.29, 0.717) is 67.4 Å². The number of hydrogen-bond acceptors (Lipinski definition) is 9. The Hall–Kier alpha value is -3.26. The van der Waals surface area contributed by atoms with Crippen LogP contribution in [0.15, 0.2) is 40.2 Å². The lowest BCUT2D eigenvalue weighted by molar-refractivity contribution is 0.0145. The Morgan fingerprint density at radius 2 is 1.82 bits per heavy atom. The molecule has 0 unspecified atom stereocenters. The average molecular weight is 660 g/mol. The number of aryl methyl sites for hydroxylation is 1. The highest BCUT2D eigenvalue weighted by molar-refractivity contribution is 7.89. The molecule has 1 amide bonds. The van der Waals surface area contributed by atoms with E-state index in [1.807, 2.05) is 27.7 Å². The van der Waals surface area contributed by atoms with Crippen LogP contribution in [0.25, 0.3) is 11.0 Å². The number of piperazine rings is 1. The Morgan fingerprint density at radius 1 is 1.11 bits per heavy atom. The number of nitrogens with zero attached hydrogens (tertiary/aromatic N) is 5. The van der Waals surface area contributed by atoms with Gasteiger partial charge in [-0.25, -0.2) is 22.9 Å². The van der Waals surface area contributed by atoms with Crippen LogP contribution in [-0.2, 0) is 14.8 Å². The van der Waals surface area contributed by atoms with Gasteiger partial charge in [0.05, 0.1) is 4.90 Å². The Balaban J connectivity index is 1.16. The Morgan fingerprint density at radius 3 is 2.49 bits per heavy atom. The maximum atomic E-state index is 13.0. The molecular weight excluding hydrogens is 618 g/mol. The summed E-state index contributed by atoms with van der Waals surface area (Å²) in [5.74, 6) is 0.305. The second-order valence-corrected chi connectivity index (χ2v) is 14.9. The number of anilines is 2. The molecule has 0 radical (unpaired) electrons. The molecule has 0 atom stereocenters. The summed E-state index contributed by atoms with van der Waals surface area (Å²) in [4.78, 5) is 38.4. The van der Waals surface area contributed by atoms with Crippen molar-refractivity contribution in [1.82, 2.24) is 29.1 Å². The molecule has 3 aromatic rings. The Labute approximate surface area is 269 Å². The molecule has 2 N–H and O–H groups in total. The normalized spacial score (nSPS) is 16.8. The number of benzene rings is 1. The van der Waals surface area contributed by atoms with Crippen molar-refractivity contribution in [1.29, 1.82) is 0 Å². The molecule has 1 aromatic carbocycles. The van der Waals surface area contributed by atoms with Crippen LogP contribution in [0.1, 0.15) is 64.5 Å². The average Bonchev–Trinajstić information content (AvgIpc) is 3.51.